The van der Waals surface area contributed by atoms with E-state index in [1.165, 1.54) is 18.0 Å². The molecule has 0 fully saturated rings. The normalized spacial score (nSPS) is 10.2. The summed E-state index contributed by atoms with van der Waals surface area (Å²) in [6.45, 7) is 4.69. The van der Waals surface area contributed by atoms with Crippen LogP contribution in [0.15, 0.2) is 6.20 Å². The highest BCUT2D eigenvalue weighted by Crippen LogP contribution is 2.00. The van der Waals surface area contributed by atoms with Crippen molar-refractivity contribution >= 4 is 17.8 Å². The van der Waals surface area contributed by atoms with E-state index in [2.05, 4.69) is 25.7 Å². The maximum Gasteiger partial charge on any atom is 0.412 e. The van der Waals surface area contributed by atoms with Crippen LogP contribution in [0.5, 0.6) is 0 Å². The number of carbonyl (C=O) groups excluding carboxylic acids is 2. The van der Waals surface area contributed by atoms with Crippen molar-refractivity contribution in [1.82, 2.24) is 20.3 Å². The second kappa shape index (κ2) is 6.58. The topological polar surface area (TPSA) is 98.1 Å². The van der Waals surface area contributed by atoms with E-state index < -0.39 is 6.09 Å². The van der Waals surface area contributed by atoms with Gasteiger partial charge in [0.2, 0.25) is 5.91 Å². The van der Waals surface area contributed by atoms with E-state index in [1.807, 2.05) is 13.8 Å². The Kier molecular flexibility index (Phi) is 5.09. The number of ether oxygens (including phenoxy) is 1. The van der Waals surface area contributed by atoms with Crippen LogP contribution in [0.3, 0.4) is 0 Å². The van der Waals surface area contributed by atoms with Gasteiger partial charge in [-0.3, -0.25) is 10.1 Å². The van der Waals surface area contributed by atoms with Gasteiger partial charge in [-0.25, -0.2) is 9.48 Å². The number of hydrogen-bond acceptors (Lipinski definition) is 5. The number of anilines is 1. The lowest BCUT2D eigenvalue weighted by Crippen LogP contribution is -2.30. The van der Waals surface area contributed by atoms with Crippen LogP contribution in [-0.2, 0) is 16.1 Å². The largest absolute Gasteiger partial charge is 0.453 e. The Hall–Kier alpha value is -2.12. The summed E-state index contributed by atoms with van der Waals surface area (Å²) in [7, 11) is 1.25. The first-order valence-electron chi connectivity index (χ1n) is 5.53. The number of methoxy groups -OCH3 is 1. The quantitative estimate of drug-likeness (QED) is 0.784. The Morgan fingerprint density at radius 2 is 2.22 bits per heavy atom. The molecule has 0 radical (unpaired) electrons. The first-order valence-corrected chi connectivity index (χ1v) is 5.53. The van der Waals surface area contributed by atoms with Gasteiger partial charge in [-0.2, -0.15) is 0 Å². The Morgan fingerprint density at radius 1 is 1.50 bits per heavy atom. The lowest BCUT2D eigenvalue weighted by atomic mass is 10.2. The van der Waals surface area contributed by atoms with Crippen molar-refractivity contribution in [2.24, 2.45) is 5.92 Å². The molecule has 0 spiro atoms. The van der Waals surface area contributed by atoms with Crippen LogP contribution < -0.4 is 10.6 Å². The van der Waals surface area contributed by atoms with E-state index >= 15 is 0 Å². The van der Waals surface area contributed by atoms with Gasteiger partial charge < -0.3 is 10.1 Å². The second-order valence-electron chi connectivity index (χ2n) is 4.12. The molecule has 0 aliphatic heterocycles. The zero-order valence-electron chi connectivity index (χ0n) is 10.6. The minimum Gasteiger partial charge on any atom is -0.453 e. The van der Waals surface area contributed by atoms with Crippen LogP contribution >= 0.6 is 0 Å². The van der Waals surface area contributed by atoms with Gasteiger partial charge in [-0.05, 0) is 5.92 Å². The molecule has 18 heavy (non-hydrogen) atoms. The summed E-state index contributed by atoms with van der Waals surface area (Å²) in [5.74, 6) is 0.470. The van der Waals surface area contributed by atoms with Crippen LogP contribution in [0.25, 0.3) is 0 Å². The van der Waals surface area contributed by atoms with Crippen molar-refractivity contribution in [3.8, 4) is 0 Å². The predicted molar refractivity (Wildman–Crippen MR) is 63.9 cm³/mol. The number of rotatable bonds is 5. The number of carbonyl (C=O) groups is 2. The summed E-state index contributed by atoms with van der Waals surface area (Å²) in [5.41, 5.74) is 0. The average molecular weight is 255 g/mol. The maximum atomic E-state index is 11.5. The minimum absolute atomic E-state index is 0.0581. The average Bonchev–Trinajstić information content (AvgIpc) is 2.73. The Balaban J connectivity index is 2.43. The SMILES string of the molecule is COC(=O)Nc1cn(CC(=O)NCC(C)C)nn1. The van der Waals surface area contributed by atoms with E-state index in [4.69, 9.17) is 0 Å². The number of amides is 2. The minimum atomic E-state index is -0.633. The van der Waals surface area contributed by atoms with Gasteiger partial charge in [0, 0.05) is 6.54 Å². The molecular formula is C10H17N5O3. The fraction of sp³-hybridized carbons (Fsp3) is 0.600. The number of aromatic nitrogens is 3. The molecule has 1 rings (SSSR count). The van der Waals surface area contributed by atoms with E-state index in [0.717, 1.165) is 0 Å². The molecule has 0 aromatic carbocycles. The maximum absolute atomic E-state index is 11.5. The van der Waals surface area contributed by atoms with Gasteiger partial charge in [-0.1, -0.05) is 19.1 Å². The molecular weight excluding hydrogens is 238 g/mol. The summed E-state index contributed by atoms with van der Waals surface area (Å²) in [5, 5.41) is 12.5. The molecule has 0 saturated heterocycles. The first kappa shape index (κ1) is 13.9. The summed E-state index contributed by atoms with van der Waals surface area (Å²) >= 11 is 0. The highest BCUT2D eigenvalue weighted by Gasteiger charge is 2.08. The third-order valence-corrected chi connectivity index (χ3v) is 1.97. The Morgan fingerprint density at radius 3 is 2.83 bits per heavy atom. The smallest absolute Gasteiger partial charge is 0.412 e. The van der Waals surface area contributed by atoms with E-state index in [9.17, 15) is 9.59 Å². The predicted octanol–water partition coefficient (Wildman–Crippen LogP) is 0.229. The van der Waals surface area contributed by atoms with Crippen LogP contribution in [0.1, 0.15) is 13.8 Å². The van der Waals surface area contributed by atoms with Gasteiger partial charge in [0.25, 0.3) is 0 Å². The molecule has 0 saturated carbocycles. The zero-order chi connectivity index (χ0) is 13.5. The van der Waals surface area contributed by atoms with Crippen LogP contribution in [0.4, 0.5) is 10.6 Å². The molecule has 8 heteroatoms. The van der Waals surface area contributed by atoms with Crippen molar-refractivity contribution in [3.05, 3.63) is 6.20 Å². The van der Waals surface area contributed by atoms with Crippen molar-refractivity contribution in [2.45, 2.75) is 20.4 Å². The van der Waals surface area contributed by atoms with Gasteiger partial charge in [-0.15, -0.1) is 5.10 Å². The molecule has 100 valence electrons. The molecule has 0 aliphatic rings. The summed E-state index contributed by atoms with van der Waals surface area (Å²) < 4.78 is 5.74. The molecule has 1 heterocycles. The van der Waals surface area contributed by atoms with Gasteiger partial charge >= 0.3 is 6.09 Å². The van der Waals surface area contributed by atoms with Crippen molar-refractivity contribution in [1.29, 1.82) is 0 Å². The van der Waals surface area contributed by atoms with Gasteiger partial charge in [0.15, 0.2) is 5.82 Å². The fourth-order valence-corrected chi connectivity index (χ4v) is 1.11. The fourth-order valence-electron chi connectivity index (χ4n) is 1.11. The molecule has 0 atom stereocenters. The van der Waals surface area contributed by atoms with Crippen molar-refractivity contribution < 1.29 is 14.3 Å². The van der Waals surface area contributed by atoms with Crippen molar-refractivity contribution in [2.75, 3.05) is 19.0 Å². The molecule has 8 nitrogen and oxygen atoms in total. The number of nitrogens with one attached hydrogen (secondary N) is 2. The van der Waals surface area contributed by atoms with Crippen LogP contribution in [0, 0.1) is 5.92 Å². The molecule has 1 aromatic heterocycles. The molecule has 1 aromatic rings. The van der Waals surface area contributed by atoms with E-state index in [1.54, 1.807) is 0 Å². The third kappa shape index (κ3) is 4.81. The summed E-state index contributed by atoms with van der Waals surface area (Å²) in [4.78, 5) is 22.4. The molecule has 0 aliphatic carbocycles. The zero-order valence-corrected chi connectivity index (χ0v) is 10.6. The first-order chi connectivity index (χ1) is 8.51. The van der Waals surface area contributed by atoms with Gasteiger partial charge in [0.05, 0.1) is 13.3 Å². The molecule has 0 bridgehead atoms. The summed E-state index contributed by atoms with van der Waals surface area (Å²) in [6, 6.07) is 0. The summed E-state index contributed by atoms with van der Waals surface area (Å²) in [6.07, 6.45) is 0.817. The molecule has 2 amide bonds. The number of nitrogens with zero attached hydrogens (tertiary/aromatic N) is 3. The van der Waals surface area contributed by atoms with Crippen LogP contribution in [0.2, 0.25) is 0 Å². The monoisotopic (exact) mass is 255 g/mol. The second-order valence-corrected chi connectivity index (χ2v) is 4.12. The standard InChI is InChI=1S/C10H17N5O3/c1-7(2)4-11-9(16)6-15-5-8(13-14-15)12-10(17)18-3/h5,7H,4,6H2,1-3H3,(H,11,16)(H,12,17). The van der Waals surface area contributed by atoms with E-state index in [-0.39, 0.29) is 18.3 Å². The Bertz CT molecular complexity index is 415. The number of hydrogen-bond donors (Lipinski definition) is 2. The van der Waals surface area contributed by atoms with Gasteiger partial charge in [0.1, 0.15) is 6.54 Å². The van der Waals surface area contributed by atoms with Crippen molar-refractivity contribution in [3.63, 3.8) is 0 Å². The third-order valence-electron chi connectivity index (χ3n) is 1.97. The van der Waals surface area contributed by atoms with E-state index in [0.29, 0.717) is 12.5 Å². The Labute approximate surface area is 105 Å². The molecule has 0 unspecified atom stereocenters. The van der Waals surface area contributed by atoms with Crippen LogP contribution in [-0.4, -0.2) is 40.6 Å². The lowest BCUT2D eigenvalue weighted by Gasteiger charge is -2.06. The highest BCUT2D eigenvalue weighted by atomic mass is 16.5. The molecule has 2 N–H and O–H groups in total. The highest BCUT2D eigenvalue weighted by molar-refractivity contribution is 5.82. The lowest BCUT2D eigenvalue weighted by molar-refractivity contribution is -0.122.